The van der Waals surface area contributed by atoms with Crippen molar-refractivity contribution in [2.45, 2.75) is 54.0 Å². The smallest absolute Gasteiger partial charge is 0.194 e. The Bertz CT molecular complexity index is 380. The summed E-state index contributed by atoms with van der Waals surface area (Å²) in [6.45, 7) is 19.9. The highest BCUT2D eigenvalue weighted by atomic mass is 15.4. The van der Waals surface area contributed by atoms with E-state index in [9.17, 15) is 0 Å². The van der Waals surface area contributed by atoms with Gasteiger partial charge in [0, 0.05) is 37.1 Å². The first-order valence-electron chi connectivity index (χ1n) is 8.14. The van der Waals surface area contributed by atoms with Crippen molar-refractivity contribution in [2.75, 3.05) is 40.3 Å². The third-order valence-corrected chi connectivity index (χ3v) is 4.88. The van der Waals surface area contributed by atoms with Gasteiger partial charge in [0.05, 0.1) is 0 Å². The fraction of sp³-hybridized carbons (Fsp3) is 0.941. The molecule has 1 heterocycles. The summed E-state index contributed by atoms with van der Waals surface area (Å²) in [6.07, 6.45) is 0. The predicted molar refractivity (Wildman–Crippen MR) is 92.9 cm³/mol. The number of likely N-dealkylation sites (tertiary alicyclic amines) is 1. The monoisotopic (exact) mass is 296 g/mol. The Morgan fingerprint density at radius 3 is 2.19 bits per heavy atom. The van der Waals surface area contributed by atoms with Gasteiger partial charge < -0.3 is 15.1 Å². The topological polar surface area (TPSA) is 30.9 Å². The zero-order valence-electron chi connectivity index (χ0n) is 15.7. The van der Waals surface area contributed by atoms with Gasteiger partial charge in [0.1, 0.15) is 0 Å². The van der Waals surface area contributed by atoms with Gasteiger partial charge in [0.25, 0.3) is 0 Å². The van der Waals surface area contributed by atoms with Crippen molar-refractivity contribution in [3.63, 3.8) is 0 Å². The van der Waals surface area contributed by atoms with Crippen LogP contribution in [0.25, 0.3) is 0 Å². The molecule has 0 bridgehead atoms. The van der Waals surface area contributed by atoms with Crippen molar-refractivity contribution in [2.24, 2.45) is 15.8 Å². The second-order valence-electron chi connectivity index (χ2n) is 8.60. The van der Waals surface area contributed by atoms with E-state index in [-0.39, 0.29) is 11.0 Å². The summed E-state index contributed by atoms with van der Waals surface area (Å²) < 4.78 is 0. The largest absolute Gasteiger partial charge is 0.356 e. The summed E-state index contributed by atoms with van der Waals surface area (Å²) in [7, 11) is 4.25. The van der Waals surface area contributed by atoms with Gasteiger partial charge in [-0.05, 0) is 40.3 Å². The fourth-order valence-electron chi connectivity index (χ4n) is 2.99. The summed E-state index contributed by atoms with van der Waals surface area (Å²) in [6, 6.07) is 0. The second kappa shape index (κ2) is 6.15. The Hall–Kier alpha value is -0.770. The van der Waals surface area contributed by atoms with Gasteiger partial charge in [-0.15, -0.1) is 0 Å². The lowest BCUT2D eigenvalue weighted by Crippen LogP contribution is -2.72. The van der Waals surface area contributed by atoms with Crippen LogP contribution in [0, 0.1) is 10.8 Å². The van der Waals surface area contributed by atoms with Crippen molar-refractivity contribution in [1.82, 2.24) is 15.1 Å². The number of nitrogens with one attached hydrogen (secondary N) is 1. The molecular formula is C17H36N4. The van der Waals surface area contributed by atoms with Gasteiger partial charge in [-0.3, -0.25) is 4.99 Å². The molecule has 1 aliphatic heterocycles. The first kappa shape index (κ1) is 18.3. The predicted octanol–water partition coefficient (Wildman–Crippen LogP) is 2.66. The van der Waals surface area contributed by atoms with E-state index in [1.807, 2.05) is 0 Å². The molecule has 0 atom stereocenters. The van der Waals surface area contributed by atoms with Crippen LogP contribution in [0.1, 0.15) is 48.5 Å². The summed E-state index contributed by atoms with van der Waals surface area (Å²) in [5, 5.41) is 3.47. The van der Waals surface area contributed by atoms with Gasteiger partial charge in [0.15, 0.2) is 5.96 Å². The minimum atomic E-state index is 0.152. The van der Waals surface area contributed by atoms with Gasteiger partial charge in [-0.2, -0.15) is 0 Å². The summed E-state index contributed by atoms with van der Waals surface area (Å²) >= 11 is 0. The number of hydrogen-bond donors (Lipinski definition) is 1. The SMILES string of the molecule is CCNC(=NCC(C)(C)CN(C)C)N1CC(C)(C)C1(C)C. The maximum absolute atomic E-state index is 4.93. The van der Waals surface area contributed by atoms with Crippen LogP contribution in [-0.2, 0) is 0 Å². The number of aliphatic imine (C=N–C) groups is 1. The molecule has 0 aliphatic carbocycles. The van der Waals surface area contributed by atoms with E-state index in [0.29, 0.717) is 5.41 Å². The Morgan fingerprint density at radius 1 is 1.24 bits per heavy atom. The summed E-state index contributed by atoms with van der Waals surface area (Å²) in [4.78, 5) is 9.58. The minimum absolute atomic E-state index is 0.152. The highest BCUT2D eigenvalue weighted by molar-refractivity contribution is 5.82. The van der Waals surface area contributed by atoms with Gasteiger partial charge in [-0.25, -0.2) is 0 Å². The molecule has 4 heteroatoms. The van der Waals surface area contributed by atoms with E-state index in [1.54, 1.807) is 0 Å². The average molecular weight is 297 g/mol. The Kier molecular flexibility index (Phi) is 5.36. The van der Waals surface area contributed by atoms with Crippen molar-refractivity contribution in [3.05, 3.63) is 0 Å². The van der Waals surface area contributed by atoms with Crippen LogP contribution in [0.4, 0.5) is 0 Å². The third-order valence-electron chi connectivity index (χ3n) is 4.88. The van der Waals surface area contributed by atoms with Crippen LogP contribution in [0.15, 0.2) is 4.99 Å². The van der Waals surface area contributed by atoms with Gasteiger partial charge >= 0.3 is 0 Å². The Balaban J connectivity index is 2.81. The van der Waals surface area contributed by atoms with E-state index < -0.39 is 0 Å². The highest BCUT2D eigenvalue weighted by Gasteiger charge is 2.53. The molecule has 1 saturated heterocycles. The molecule has 4 nitrogen and oxygen atoms in total. The molecular weight excluding hydrogens is 260 g/mol. The Morgan fingerprint density at radius 2 is 1.81 bits per heavy atom. The molecule has 124 valence electrons. The van der Waals surface area contributed by atoms with Gasteiger partial charge in [-0.1, -0.05) is 27.7 Å². The third kappa shape index (κ3) is 4.12. The van der Waals surface area contributed by atoms with Crippen LogP contribution < -0.4 is 5.32 Å². The van der Waals surface area contributed by atoms with Gasteiger partial charge in [0.2, 0.25) is 0 Å². The molecule has 0 unspecified atom stereocenters. The molecule has 0 aromatic heterocycles. The van der Waals surface area contributed by atoms with Crippen LogP contribution >= 0.6 is 0 Å². The molecule has 0 aromatic carbocycles. The molecule has 1 fully saturated rings. The number of rotatable bonds is 5. The zero-order valence-corrected chi connectivity index (χ0v) is 15.7. The molecule has 0 spiro atoms. The minimum Gasteiger partial charge on any atom is -0.356 e. The lowest BCUT2D eigenvalue weighted by molar-refractivity contribution is -0.0668. The van der Waals surface area contributed by atoms with Crippen LogP contribution in [0.3, 0.4) is 0 Å². The number of nitrogens with zero attached hydrogens (tertiary/aromatic N) is 3. The molecule has 1 rings (SSSR count). The van der Waals surface area contributed by atoms with Crippen LogP contribution in [0.2, 0.25) is 0 Å². The maximum Gasteiger partial charge on any atom is 0.194 e. The summed E-state index contributed by atoms with van der Waals surface area (Å²) in [5.74, 6) is 1.06. The molecule has 0 aromatic rings. The Labute approximate surface area is 132 Å². The zero-order chi connectivity index (χ0) is 16.5. The van der Waals surface area contributed by atoms with Crippen molar-refractivity contribution >= 4 is 5.96 Å². The first-order chi connectivity index (χ1) is 9.43. The molecule has 0 radical (unpaired) electrons. The molecule has 0 amide bonds. The fourth-order valence-corrected chi connectivity index (χ4v) is 2.99. The normalized spacial score (nSPS) is 21.4. The molecule has 1 N–H and O–H groups in total. The van der Waals surface area contributed by atoms with Crippen molar-refractivity contribution in [3.8, 4) is 0 Å². The lowest BCUT2D eigenvalue weighted by atomic mass is 9.65. The standard InChI is InChI=1S/C17H36N4/c1-10-18-14(19-11-15(2,3)12-20(8)9)21-13-16(4,5)17(21,6)7/h10-13H2,1-9H3,(H,18,19). The first-order valence-corrected chi connectivity index (χ1v) is 8.14. The van der Waals surface area contributed by atoms with E-state index >= 15 is 0 Å². The van der Waals surface area contributed by atoms with Crippen molar-refractivity contribution in [1.29, 1.82) is 0 Å². The maximum atomic E-state index is 4.93. The summed E-state index contributed by atoms with van der Waals surface area (Å²) in [5.41, 5.74) is 0.677. The molecule has 21 heavy (non-hydrogen) atoms. The number of guanidine groups is 1. The molecule has 1 aliphatic rings. The molecule has 0 saturated carbocycles. The van der Waals surface area contributed by atoms with E-state index in [4.69, 9.17) is 4.99 Å². The van der Waals surface area contributed by atoms with Crippen molar-refractivity contribution < 1.29 is 0 Å². The second-order valence-corrected chi connectivity index (χ2v) is 8.60. The van der Waals surface area contributed by atoms with Crippen LogP contribution in [-0.4, -0.2) is 61.6 Å². The van der Waals surface area contributed by atoms with Crippen LogP contribution in [0.5, 0.6) is 0 Å². The van der Waals surface area contributed by atoms with E-state index in [0.717, 1.165) is 32.1 Å². The van der Waals surface area contributed by atoms with E-state index in [2.05, 4.69) is 77.7 Å². The number of hydrogen-bond acceptors (Lipinski definition) is 2. The quantitative estimate of drug-likeness (QED) is 0.625. The highest BCUT2D eigenvalue weighted by Crippen LogP contribution is 2.46. The van der Waals surface area contributed by atoms with E-state index in [1.165, 1.54) is 0 Å². The lowest BCUT2D eigenvalue weighted by Gasteiger charge is -2.62. The average Bonchev–Trinajstić information content (AvgIpc) is 2.30.